The van der Waals surface area contributed by atoms with E-state index >= 15 is 0 Å². The van der Waals surface area contributed by atoms with E-state index in [1.807, 2.05) is 0 Å². The molecule has 0 spiro atoms. The molecule has 19 nitrogen and oxygen atoms in total. The highest BCUT2D eigenvalue weighted by Crippen LogP contribution is 2.38. The Bertz CT molecular complexity index is 2900. The van der Waals surface area contributed by atoms with Crippen LogP contribution in [0, 0.1) is 0 Å². The van der Waals surface area contributed by atoms with E-state index < -0.39 is 51.0 Å². The zero-order valence-electron chi connectivity index (χ0n) is 35.3. The average molecular weight is 947 g/mol. The second kappa shape index (κ2) is 20.7. The molecule has 0 aliphatic carbocycles. The van der Waals surface area contributed by atoms with E-state index in [1.54, 1.807) is 37.3 Å². The van der Waals surface area contributed by atoms with Gasteiger partial charge in [-0.1, -0.05) is 17.7 Å². The number of piperidine rings is 1. The summed E-state index contributed by atoms with van der Waals surface area (Å²) in [5.74, 6) is -2.26. The monoisotopic (exact) mass is 946 g/mol. The number of ether oxygens (including phenoxy) is 6. The zero-order valence-corrected chi connectivity index (χ0v) is 36.9. The van der Waals surface area contributed by atoms with Gasteiger partial charge in [-0.25, -0.2) is 13.6 Å². The predicted molar refractivity (Wildman–Crippen MR) is 236 cm³/mol. The third kappa shape index (κ3) is 10.7. The number of amides is 5. The molecule has 1 aromatic heterocycles. The van der Waals surface area contributed by atoms with Crippen molar-refractivity contribution in [2.45, 2.75) is 30.7 Å². The van der Waals surface area contributed by atoms with Crippen LogP contribution >= 0.6 is 11.6 Å². The topological polar surface area (TPSA) is 272 Å². The normalized spacial score (nSPS) is 15.0. The summed E-state index contributed by atoms with van der Waals surface area (Å²) in [4.78, 5) is 76.1. The van der Waals surface area contributed by atoms with Gasteiger partial charge in [-0.2, -0.15) is 0 Å². The number of rotatable bonds is 21. The van der Waals surface area contributed by atoms with Crippen molar-refractivity contribution in [2.75, 3.05) is 59.5 Å². The maximum absolute atomic E-state index is 13.5. The van der Waals surface area contributed by atoms with E-state index in [4.69, 9.17) is 55.3 Å². The third-order valence-corrected chi connectivity index (χ3v) is 11.5. The van der Waals surface area contributed by atoms with Crippen molar-refractivity contribution in [2.24, 2.45) is 10.9 Å². The van der Waals surface area contributed by atoms with Crippen LogP contribution in [0.15, 0.2) is 86.9 Å². The molecule has 346 valence electrons. The van der Waals surface area contributed by atoms with Gasteiger partial charge in [-0.3, -0.25) is 39.0 Å². The van der Waals surface area contributed by atoms with Crippen LogP contribution in [0.25, 0.3) is 33.4 Å². The lowest BCUT2D eigenvalue weighted by atomic mass is 9.99. The number of fused-ring (bicyclic) bond motifs is 2. The number of imide groups is 2. The number of nitrogens with zero attached hydrogens (tertiary/aromatic N) is 1. The number of halogens is 1. The van der Waals surface area contributed by atoms with Crippen LogP contribution in [0.4, 0.5) is 0 Å². The molecule has 1 unspecified atom stereocenters. The Morgan fingerprint density at radius 1 is 0.788 bits per heavy atom. The fraction of sp³-hybridized carbons (Fsp3) is 0.289. The Kier molecular flexibility index (Phi) is 14.8. The molecule has 0 bridgehead atoms. The van der Waals surface area contributed by atoms with Gasteiger partial charge in [0.15, 0.2) is 5.43 Å². The van der Waals surface area contributed by atoms with Crippen molar-refractivity contribution < 1.29 is 65.2 Å². The summed E-state index contributed by atoms with van der Waals surface area (Å²) in [5, 5.41) is 7.91. The van der Waals surface area contributed by atoms with Gasteiger partial charge in [0.05, 0.1) is 72.7 Å². The minimum Gasteiger partial charge on any atom is -0.493 e. The second-order valence-corrected chi connectivity index (χ2v) is 16.7. The van der Waals surface area contributed by atoms with E-state index in [2.05, 4.69) is 5.32 Å². The first-order valence-corrected chi connectivity index (χ1v) is 22.4. The van der Waals surface area contributed by atoms with E-state index in [1.165, 1.54) is 36.4 Å². The molecule has 66 heavy (non-hydrogen) atoms. The first-order valence-electron chi connectivity index (χ1n) is 20.5. The van der Waals surface area contributed by atoms with Crippen LogP contribution in [0.1, 0.15) is 50.8 Å². The lowest BCUT2D eigenvalue weighted by Gasteiger charge is -2.27. The van der Waals surface area contributed by atoms with Gasteiger partial charge in [0.25, 0.3) is 11.8 Å². The highest BCUT2D eigenvalue weighted by Gasteiger charge is 2.46. The van der Waals surface area contributed by atoms with Gasteiger partial charge in [-0.15, -0.1) is 0 Å². The summed E-state index contributed by atoms with van der Waals surface area (Å²) >= 11 is 6.62. The van der Waals surface area contributed by atoms with Crippen LogP contribution in [-0.2, 0) is 33.8 Å². The summed E-state index contributed by atoms with van der Waals surface area (Å²) in [6.07, 6.45) is 0.0753. The van der Waals surface area contributed by atoms with Crippen molar-refractivity contribution in [3.8, 4) is 39.7 Å². The number of sulfonamides is 1. The number of hydrogen-bond acceptors (Lipinski definition) is 15. The van der Waals surface area contributed by atoms with Gasteiger partial charge in [0.2, 0.25) is 27.7 Å². The smallest absolute Gasteiger partial charge is 0.266 e. The lowest BCUT2D eigenvalue weighted by molar-refractivity contribution is -0.136. The van der Waals surface area contributed by atoms with Crippen LogP contribution < -0.4 is 35.8 Å². The maximum atomic E-state index is 13.5. The Morgan fingerprint density at radius 2 is 1.48 bits per heavy atom. The van der Waals surface area contributed by atoms with Crippen molar-refractivity contribution in [3.05, 3.63) is 105 Å². The number of carbonyl (C=O) groups excluding carboxylic acids is 5. The summed E-state index contributed by atoms with van der Waals surface area (Å²) in [7, 11) is -4.23. The Labute approximate surface area is 381 Å². The number of primary amides is 1. The van der Waals surface area contributed by atoms with Crippen LogP contribution in [0.3, 0.4) is 0 Å². The van der Waals surface area contributed by atoms with Gasteiger partial charge in [0, 0.05) is 35.2 Å². The fourth-order valence-corrected chi connectivity index (χ4v) is 8.08. The van der Waals surface area contributed by atoms with E-state index in [0.29, 0.717) is 23.5 Å². The molecule has 2 aliphatic rings. The maximum Gasteiger partial charge on any atom is 0.266 e. The molecule has 21 heteroatoms. The first kappa shape index (κ1) is 47.3. The standard InChI is InChI=1S/C45H43ClN4O15S/c1-2-62-37-24-39-32(22-31(37)25-18-26(42(47)53)20-28(19-25)66(48,57)58)35(51)23-38(65-39)29-7-6-27(21-33(29)46)63-16-14-60-12-10-59-11-13-61-15-17-64-36-5-3-4-30-41(36)45(56)50(44(30)55)34-8-9-40(52)49-43(34)54/h3-7,18-24,34H,2,8-17H2,1H3,(H2,47,53)(H2,48,57,58)(H,49,52,54). The number of nitrogens with one attached hydrogen (secondary N) is 1. The summed E-state index contributed by atoms with van der Waals surface area (Å²) in [5.41, 5.74) is 6.21. The number of carbonyl (C=O) groups is 5. The van der Waals surface area contributed by atoms with Crippen molar-refractivity contribution in [1.29, 1.82) is 0 Å². The van der Waals surface area contributed by atoms with Crippen LogP contribution in [-0.4, -0.2) is 108 Å². The van der Waals surface area contributed by atoms with Gasteiger partial charge in [-0.05, 0) is 73.5 Å². The van der Waals surface area contributed by atoms with Gasteiger partial charge >= 0.3 is 0 Å². The summed E-state index contributed by atoms with van der Waals surface area (Å²) < 4.78 is 64.6. The number of primary sulfonamides is 1. The van der Waals surface area contributed by atoms with Crippen molar-refractivity contribution in [1.82, 2.24) is 10.2 Å². The quantitative estimate of drug-likeness (QED) is 0.0697. The van der Waals surface area contributed by atoms with Gasteiger partial charge < -0.3 is 38.6 Å². The third-order valence-electron chi connectivity index (χ3n) is 10.3. The largest absolute Gasteiger partial charge is 0.493 e. The lowest BCUT2D eigenvalue weighted by Crippen LogP contribution is -2.54. The Balaban J connectivity index is 0.834. The van der Waals surface area contributed by atoms with Gasteiger partial charge in [0.1, 0.15) is 47.8 Å². The zero-order chi connectivity index (χ0) is 47.1. The number of hydrogen-bond donors (Lipinski definition) is 3. The van der Waals surface area contributed by atoms with E-state index in [9.17, 15) is 37.2 Å². The van der Waals surface area contributed by atoms with Crippen molar-refractivity contribution in [3.63, 3.8) is 0 Å². The number of benzene rings is 4. The SMILES string of the molecule is CCOc1cc2oc(-c3ccc(OCCOCCOCCOCCOc4cccc5c4C(=O)N(C4CCC(=O)NC4=O)C5=O)cc3Cl)cc(=O)c2cc1-c1cc(C(N)=O)cc(S(N)(=O)=O)c1. The molecular formula is C45H43ClN4O15S. The Hall–Kier alpha value is -6.68. The molecule has 2 aliphatic heterocycles. The molecule has 0 radical (unpaired) electrons. The molecule has 0 saturated carbocycles. The molecule has 4 aromatic carbocycles. The minimum atomic E-state index is -4.23. The second-order valence-electron chi connectivity index (χ2n) is 14.7. The molecule has 1 fully saturated rings. The highest BCUT2D eigenvalue weighted by molar-refractivity contribution is 7.89. The first-order chi connectivity index (χ1) is 31.6. The van der Waals surface area contributed by atoms with E-state index in [-0.39, 0.29) is 126 Å². The van der Waals surface area contributed by atoms with E-state index in [0.717, 1.165) is 11.0 Å². The molecule has 5 N–H and O–H groups in total. The summed E-state index contributed by atoms with van der Waals surface area (Å²) in [6, 6.07) is 16.4. The minimum absolute atomic E-state index is 0.0221. The molecule has 5 aromatic rings. The molecule has 3 heterocycles. The molecule has 5 amide bonds. The fourth-order valence-electron chi connectivity index (χ4n) is 7.24. The Morgan fingerprint density at radius 3 is 2.14 bits per heavy atom. The number of nitrogens with two attached hydrogens (primary N) is 2. The van der Waals surface area contributed by atoms with Crippen LogP contribution in [0.5, 0.6) is 17.2 Å². The molecular weight excluding hydrogens is 904 g/mol. The molecule has 7 rings (SSSR count). The average Bonchev–Trinajstić information content (AvgIpc) is 3.53. The van der Waals surface area contributed by atoms with Crippen molar-refractivity contribution >= 4 is 62.1 Å². The van der Waals surface area contributed by atoms with Crippen LogP contribution in [0.2, 0.25) is 5.02 Å². The summed E-state index contributed by atoms with van der Waals surface area (Å²) in [6.45, 7) is 3.77. The molecule has 1 saturated heterocycles. The predicted octanol–water partition coefficient (Wildman–Crippen LogP) is 3.83. The highest BCUT2D eigenvalue weighted by atomic mass is 35.5. The molecule has 1 atom stereocenters.